The summed E-state index contributed by atoms with van der Waals surface area (Å²) in [7, 11) is 1.92. The average molecular weight is 383 g/mol. The molecule has 0 heterocycles. The van der Waals surface area contributed by atoms with E-state index in [1.165, 1.54) is 11.1 Å². The molecule has 0 amide bonds. The van der Waals surface area contributed by atoms with E-state index in [0.717, 1.165) is 12.8 Å². The Morgan fingerprint density at radius 1 is 1.00 bits per heavy atom. The maximum atomic E-state index is 6.07. The molecule has 0 N–H and O–H groups in total. The number of allylic oxidation sites excluding steroid dienone is 8. The second-order valence-corrected chi connectivity index (χ2v) is 18.0. The van der Waals surface area contributed by atoms with Crippen LogP contribution in [0.15, 0.2) is 42.1 Å². The summed E-state index contributed by atoms with van der Waals surface area (Å²) in [6.07, 6.45) is 11.3. The molecule has 16 heavy (non-hydrogen) atoms. The minimum atomic E-state index is -2.83. The second kappa shape index (κ2) is 4.58. The zero-order valence-corrected chi connectivity index (χ0v) is 14.2. The van der Waals surface area contributed by atoms with Crippen LogP contribution in [-0.2, 0) is 23.3 Å². The third-order valence-corrected chi connectivity index (χ3v) is 19.4. The maximum absolute atomic E-state index is 6.07. The Kier molecular flexibility index (Phi) is 3.50. The van der Waals surface area contributed by atoms with Gasteiger partial charge in [-0.2, -0.15) is 0 Å². The molecule has 2 aliphatic carbocycles. The van der Waals surface area contributed by atoms with E-state index in [1.807, 2.05) is 7.11 Å². The van der Waals surface area contributed by atoms with Gasteiger partial charge in [-0.25, -0.2) is 0 Å². The van der Waals surface area contributed by atoms with Crippen LogP contribution in [0.3, 0.4) is 0 Å². The van der Waals surface area contributed by atoms with Crippen molar-refractivity contribution in [3.8, 4) is 0 Å². The summed E-state index contributed by atoms with van der Waals surface area (Å²) in [5.74, 6) is 0. The van der Waals surface area contributed by atoms with Crippen molar-refractivity contribution >= 4 is 0 Å². The van der Waals surface area contributed by atoms with Crippen LogP contribution in [0, 0.1) is 0 Å². The first-order valence-corrected chi connectivity index (χ1v) is 14.5. The van der Waals surface area contributed by atoms with Crippen LogP contribution >= 0.6 is 0 Å². The Hall–Kier alpha value is -0.210. The summed E-state index contributed by atoms with van der Waals surface area (Å²) in [5.41, 5.74) is 2.91. The Balaban J connectivity index is 2.42. The Morgan fingerprint density at radius 2 is 1.44 bits per heavy atom. The van der Waals surface area contributed by atoms with Gasteiger partial charge in [-0.1, -0.05) is 0 Å². The molecule has 0 aliphatic heterocycles. The van der Waals surface area contributed by atoms with Crippen LogP contribution in [0.5, 0.6) is 0 Å². The van der Waals surface area contributed by atoms with Gasteiger partial charge in [0.15, 0.2) is 0 Å². The normalized spacial score (nSPS) is 20.5. The molecule has 0 bridgehead atoms. The van der Waals surface area contributed by atoms with E-state index >= 15 is 0 Å². The van der Waals surface area contributed by atoms with Gasteiger partial charge in [0.05, 0.1) is 0 Å². The van der Waals surface area contributed by atoms with E-state index in [9.17, 15) is 0 Å². The summed E-state index contributed by atoms with van der Waals surface area (Å²) in [4.78, 5) is 0. The molecule has 0 atom stereocenters. The Morgan fingerprint density at radius 3 is 1.69 bits per heavy atom. The van der Waals surface area contributed by atoms with Crippen molar-refractivity contribution in [2.24, 2.45) is 0 Å². The molecule has 86 valence electrons. The SMILES string of the molecule is C[O][Hf]([CH3])([C]1=C(C)C=CC1)[C]1=C(C)C=CC1. The molecular formula is C14H20HfO. The van der Waals surface area contributed by atoms with Crippen LogP contribution in [-0.4, -0.2) is 7.11 Å². The van der Waals surface area contributed by atoms with Gasteiger partial charge in [-0.3, -0.25) is 0 Å². The van der Waals surface area contributed by atoms with E-state index in [2.05, 4.69) is 42.8 Å². The molecule has 1 nitrogen and oxygen atoms in total. The van der Waals surface area contributed by atoms with E-state index in [0.29, 0.717) is 0 Å². The topological polar surface area (TPSA) is 9.23 Å². The molecule has 0 aromatic rings. The van der Waals surface area contributed by atoms with Crippen molar-refractivity contribution in [1.82, 2.24) is 0 Å². The summed E-state index contributed by atoms with van der Waals surface area (Å²) in [6.45, 7) is 4.46. The molecule has 0 aromatic heterocycles. The Labute approximate surface area is 104 Å². The molecule has 0 fully saturated rings. The fourth-order valence-corrected chi connectivity index (χ4v) is 15.5. The van der Waals surface area contributed by atoms with Crippen molar-refractivity contribution in [2.45, 2.75) is 31.4 Å². The molecule has 2 heteroatoms. The fraction of sp³-hybridized carbons (Fsp3) is 0.429. The van der Waals surface area contributed by atoms with E-state index in [-0.39, 0.29) is 0 Å². The van der Waals surface area contributed by atoms with Gasteiger partial charge in [-0.05, 0) is 0 Å². The van der Waals surface area contributed by atoms with Crippen molar-refractivity contribution in [2.75, 3.05) is 7.11 Å². The third-order valence-electron chi connectivity index (χ3n) is 3.89. The zero-order chi connectivity index (χ0) is 11.8. The van der Waals surface area contributed by atoms with Crippen molar-refractivity contribution in [3.63, 3.8) is 0 Å². The van der Waals surface area contributed by atoms with Gasteiger partial charge in [0.25, 0.3) is 0 Å². The summed E-state index contributed by atoms with van der Waals surface area (Å²) in [6, 6.07) is 0. The molecule has 2 aliphatic rings. The number of hydrogen-bond donors (Lipinski definition) is 0. The first kappa shape index (κ1) is 12.3. The molecule has 2 rings (SSSR count). The fourth-order valence-electron chi connectivity index (χ4n) is 2.80. The molecule has 0 saturated heterocycles. The van der Waals surface area contributed by atoms with Crippen molar-refractivity contribution in [3.05, 3.63) is 42.1 Å². The van der Waals surface area contributed by atoms with Gasteiger partial charge in [0, 0.05) is 0 Å². The molecule has 0 aromatic carbocycles. The average Bonchev–Trinajstić information content (AvgIpc) is 2.86. The molecule has 0 spiro atoms. The summed E-state index contributed by atoms with van der Waals surface area (Å²) >= 11 is -2.83. The number of rotatable bonds is 3. The zero-order valence-electron chi connectivity index (χ0n) is 10.6. The quantitative estimate of drug-likeness (QED) is 0.664. The predicted molar refractivity (Wildman–Crippen MR) is 65.8 cm³/mol. The van der Waals surface area contributed by atoms with Crippen molar-refractivity contribution < 1.29 is 23.3 Å². The van der Waals surface area contributed by atoms with Gasteiger partial charge in [0.1, 0.15) is 0 Å². The molecule has 0 unspecified atom stereocenters. The van der Waals surface area contributed by atoms with E-state index in [4.69, 9.17) is 2.85 Å². The Bertz CT molecular complexity index is 388. The predicted octanol–water partition coefficient (Wildman–Crippen LogP) is 4.22. The molecule has 0 saturated carbocycles. The van der Waals surface area contributed by atoms with E-state index in [1.54, 1.807) is 6.66 Å². The third kappa shape index (κ3) is 1.86. The minimum absolute atomic E-state index is 1.12. The molecular weight excluding hydrogens is 363 g/mol. The number of hydrogen-bond acceptors (Lipinski definition) is 1. The monoisotopic (exact) mass is 384 g/mol. The van der Waals surface area contributed by atoms with Gasteiger partial charge < -0.3 is 0 Å². The standard InChI is InChI=1S/2C6H7.CH3O.CH3.Hf/c2*1-6-4-2-3-5-6;1-2;;/h2*2,4H,3H2,1H3;1H3;1H3;/q;;-1;;+1. The first-order chi connectivity index (χ1) is 7.59. The van der Waals surface area contributed by atoms with Crippen molar-refractivity contribution in [1.29, 1.82) is 0 Å². The second-order valence-electron chi connectivity index (χ2n) is 4.77. The van der Waals surface area contributed by atoms with Gasteiger partial charge >= 0.3 is 104 Å². The first-order valence-electron chi connectivity index (χ1n) is 5.88. The van der Waals surface area contributed by atoms with Crippen LogP contribution in [0.25, 0.3) is 0 Å². The summed E-state index contributed by atoms with van der Waals surface area (Å²) in [5, 5.41) is 0. The molecule has 0 radical (unpaired) electrons. The summed E-state index contributed by atoms with van der Waals surface area (Å²) < 4.78 is 11.8. The van der Waals surface area contributed by atoms with Gasteiger partial charge in [0.2, 0.25) is 0 Å². The van der Waals surface area contributed by atoms with Crippen LogP contribution in [0.1, 0.15) is 26.7 Å². The van der Waals surface area contributed by atoms with Crippen LogP contribution in [0.4, 0.5) is 0 Å². The van der Waals surface area contributed by atoms with Gasteiger partial charge in [-0.15, -0.1) is 0 Å². The van der Waals surface area contributed by atoms with Crippen LogP contribution in [0.2, 0.25) is 4.68 Å². The van der Waals surface area contributed by atoms with E-state index < -0.39 is 20.4 Å². The van der Waals surface area contributed by atoms with Crippen LogP contribution < -0.4 is 0 Å².